The Kier molecular flexibility index (Phi) is 3.44. The second kappa shape index (κ2) is 5.01. The van der Waals surface area contributed by atoms with E-state index in [1.807, 2.05) is 12.1 Å². The summed E-state index contributed by atoms with van der Waals surface area (Å²) in [7, 11) is 0. The van der Waals surface area contributed by atoms with Gasteiger partial charge < -0.3 is 5.10 Å². The summed E-state index contributed by atoms with van der Waals surface area (Å²) < 4.78 is 1.30. The van der Waals surface area contributed by atoms with E-state index in [1.165, 1.54) is 16.9 Å². The Hall–Kier alpha value is -1.81. The molecule has 0 atom stereocenters. The molecule has 0 radical (unpaired) electrons. The Balaban J connectivity index is 2.13. The number of halogens is 1. The molecule has 0 amide bonds. The summed E-state index contributed by atoms with van der Waals surface area (Å²) in [6, 6.07) is 8.62. The number of benzene rings is 1. The van der Waals surface area contributed by atoms with Gasteiger partial charge in [-0.15, -0.1) is 0 Å². The number of hydrogen-bond acceptors (Lipinski definition) is 2. The van der Waals surface area contributed by atoms with Gasteiger partial charge in [0.1, 0.15) is 0 Å². The van der Waals surface area contributed by atoms with Crippen LogP contribution in [0.15, 0.2) is 46.1 Å². The van der Waals surface area contributed by atoms with Crippen LogP contribution < -0.4 is 11.0 Å². The van der Waals surface area contributed by atoms with Crippen molar-refractivity contribution in [1.29, 1.82) is 0 Å². The zero-order valence-electron chi connectivity index (χ0n) is 9.02. The lowest BCUT2D eigenvalue weighted by Gasteiger charge is -2.04. The molecule has 0 bridgehead atoms. The normalized spacial score (nSPS) is 10.4. The number of nitrogens with zero attached hydrogens (tertiary/aromatic N) is 1. The van der Waals surface area contributed by atoms with Crippen molar-refractivity contribution in [2.75, 3.05) is 0 Å². The lowest BCUT2D eigenvalue weighted by atomic mass is 10.1. The Labute approximate surface area is 102 Å². The van der Waals surface area contributed by atoms with Crippen molar-refractivity contribution < 1.29 is 0 Å². The first kappa shape index (κ1) is 11.7. The summed E-state index contributed by atoms with van der Waals surface area (Å²) in [6.45, 7) is 0.441. The van der Waals surface area contributed by atoms with Gasteiger partial charge >= 0.3 is 5.56 Å². The number of H-pyrrole nitrogens is 1. The van der Waals surface area contributed by atoms with Gasteiger partial charge in [0.25, 0.3) is 0 Å². The molecule has 4 nitrogen and oxygen atoms in total. The Morgan fingerprint density at radius 1 is 1.12 bits per heavy atom. The molecule has 0 aliphatic heterocycles. The minimum atomic E-state index is -0.526. The average Bonchev–Trinajstić information content (AvgIpc) is 2.33. The van der Waals surface area contributed by atoms with Gasteiger partial charge in [-0.05, 0) is 24.1 Å². The quantitative estimate of drug-likeness (QED) is 0.838. The van der Waals surface area contributed by atoms with Crippen LogP contribution in [0.1, 0.15) is 5.56 Å². The summed E-state index contributed by atoms with van der Waals surface area (Å²) >= 11 is 5.77. The Morgan fingerprint density at radius 3 is 2.53 bits per heavy atom. The lowest BCUT2D eigenvalue weighted by Crippen LogP contribution is -2.35. The van der Waals surface area contributed by atoms with E-state index >= 15 is 0 Å². The molecule has 1 aromatic carbocycles. The minimum absolute atomic E-state index is 0.441. The van der Waals surface area contributed by atoms with Gasteiger partial charge in [-0.25, -0.2) is 4.68 Å². The maximum absolute atomic E-state index is 11.4. The van der Waals surface area contributed by atoms with E-state index in [9.17, 15) is 9.59 Å². The molecule has 17 heavy (non-hydrogen) atoms. The van der Waals surface area contributed by atoms with E-state index in [1.54, 1.807) is 12.1 Å². The van der Waals surface area contributed by atoms with Gasteiger partial charge in [0.05, 0.1) is 0 Å². The highest BCUT2D eigenvalue weighted by molar-refractivity contribution is 6.30. The van der Waals surface area contributed by atoms with Crippen LogP contribution in [0.3, 0.4) is 0 Å². The number of hydrogen-bond donors (Lipinski definition) is 1. The van der Waals surface area contributed by atoms with Crippen LogP contribution >= 0.6 is 11.6 Å². The first-order valence-corrected chi connectivity index (χ1v) is 5.57. The predicted molar refractivity (Wildman–Crippen MR) is 66.5 cm³/mol. The van der Waals surface area contributed by atoms with E-state index in [4.69, 9.17) is 11.6 Å². The number of nitrogens with one attached hydrogen (secondary N) is 1. The summed E-state index contributed by atoms with van der Waals surface area (Å²) in [5, 5.41) is 3.42. The van der Waals surface area contributed by atoms with Gasteiger partial charge in [0.15, 0.2) is 0 Å². The second-order valence-electron chi connectivity index (χ2n) is 3.66. The zero-order valence-corrected chi connectivity index (χ0v) is 9.78. The molecule has 0 saturated carbocycles. The van der Waals surface area contributed by atoms with E-state index in [-0.39, 0.29) is 0 Å². The summed E-state index contributed by atoms with van der Waals surface area (Å²) in [5.74, 6) is 0. The van der Waals surface area contributed by atoms with Crippen molar-refractivity contribution in [1.82, 2.24) is 9.78 Å². The van der Waals surface area contributed by atoms with Gasteiger partial charge in [-0.3, -0.25) is 9.59 Å². The average molecular weight is 251 g/mol. The van der Waals surface area contributed by atoms with Crippen molar-refractivity contribution in [3.8, 4) is 0 Å². The third-order valence-corrected chi connectivity index (χ3v) is 2.71. The van der Waals surface area contributed by atoms with Crippen LogP contribution in [0, 0.1) is 0 Å². The summed E-state index contributed by atoms with van der Waals surface area (Å²) in [4.78, 5) is 22.6. The smallest absolute Gasteiger partial charge is 0.303 e. The van der Waals surface area contributed by atoms with Gasteiger partial charge in [0.2, 0.25) is 5.43 Å². The highest BCUT2D eigenvalue weighted by Gasteiger charge is 2.00. The fraction of sp³-hybridized carbons (Fsp3) is 0.167. The maximum atomic E-state index is 11.4. The number of aromatic amines is 1. The molecule has 0 fully saturated rings. The van der Waals surface area contributed by atoms with Crippen LogP contribution in [0.25, 0.3) is 0 Å². The third-order valence-electron chi connectivity index (χ3n) is 2.46. The molecular formula is C12H11ClN2O2. The van der Waals surface area contributed by atoms with Crippen molar-refractivity contribution >= 4 is 11.6 Å². The van der Waals surface area contributed by atoms with Gasteiger partial charge in [-0.1, -0.05) is 23.7 Å². The van der Waals surface area contributed by atoms with Crippen LogP contribution in [0.2, 0.25) is 5.02 Å². The van der Waals surface area contributed by atoms with Gasteiger partial charge in [0, 0.05) is 23.8 Å². The predicted octanol–water partition coefficient (Wildman–Crippen LogP) is 1.43. The standard InChI is InChI=1S/C12H11ClN2O2/c13-10-3-1-9(2-4-10)6-8-15-12(17)11(16)5-7-14-15/h1-5,7,14H,6,8H2. The molecular weight excluding hydrogens is 240 g/mol. The molecule has 5 heteroatoms. The molecule has 0 unspecified atom stereocenters. The van der Waals surface area contributed by atoms with Crippen LogP contribution in [0.5, 0.6) is 0 Å². The van der Waals surface area contributed by atoms with Crippen LogP contribution in [-0.2, 0) is 13.0 Å². The maximum Gasteiger partial charge on any atom is 0.312 e. The SMILES string of the molecule is O=c1cc[nH]n(CCc2ccc(Cl)cc2)c1=O. The number of rotatable bonds is 3. The summed E-state index contributed by atoms with van der Waals surface area (Å²) in [6.07, 6.45) is 2.13. The fourth-order valence-corrected chi connectivity index (χ4v) is 1.65. The molecule has 88 valence electrons. The highest BCUT2D eigenvalue weighted by atomic mass is 35.5. The van der Waals surface area contributed by atoms with Crippen LogP contribution in [-0.4, -0.2) is 9.78 Å². The van der Waals surface area contributed by atoms with E-state index in [0.717, 1.165) is 5.56 Å². The summed E-state index contributed by atoms with van der Waals surface area (Å²) in [5.41, 5.74) is 0.0346. The van der Waals surface area contributed by atoms with Crippen molar-refractivity contribution in [3.05, 3.63) is 67.7 Å². The van der Waals surface area contributed by atoms with E-state index < -0.39 is 11.0 Å². The third kappa shape index (κ3) is 2.85. The molecule has 0 aliphatic rings. The Bertz CT molecular complexity index is 613. The second-order valence-corrected chi connectivity index (χ2v) is 4.10. The minimum Gasteiger partial charge on any atom is -0.303 e. The number of aromatic nitrogens is 2. The topological polar surface area (TPSA) is 54.9 Å². The zero-order chi connectivity index (χ0) is 12.3. The molecule has 1 N–H and O–H groups in total. The molecule has 0 spiro atoms. The van der Waals surface area contributed by atoms with Gasteiger partial charge in [-0.2, -0.15) is 0 Å². The largest absolute Gasteiger partial charge is 0.312 e. The monoisotopic (exact) mass is 250 g/mol. The first-order valence-electron chi connectivity index (χ1n) is 5.20. The van der Waals surface area contributed by atoms with E-state index in [2.05, 4.69) is 5.10 Å². The van der Waals surface area contributed by atoms with E-state index in [0.29, 0.717) is 18.0 Å². The molecule has 2 rings (SSSR count). The van der Waals surface area contributed by atoms with Crippen molar-refractivity contribution in [3.63, 3.8) is 0 Å². The fourth-order valence-electron chi connectivity index (χ4n) is 1.52. The lowest BCUT2D eigenvalue weighted by molar-refractivity contribution is 0.574. The molecule has 1 heterocycles. The molecule has 1 aromatic heterocycles. The number of aryl methyl sites for hydroxylation is 2. The highest BCUT2D eigenvalue weighted by Crippen LogP contribution is 2.09. The van der Waals surface area contributed by atoms with Crippen molar-refractivity contribution in [2.24, 2.45) is 0 Å². The first-order chi connectivity index (χ1) is 8.16. The Morgan fingerprint density at radius 2 is 1.82 bits per heavy atom. The van der Waals surface area contributed by atoms with Crippen molar-refractivity contribution in [2.45, 2.75) is 13.0 Å². The molecule has 2 aromatic rings. The molecule has 0 aliphatic carbocycles. The molecule has 0 saturated heterocycles. The van der Waals surface area contributed by atoms with Crippen LogP contribution in [0.4, 0.5) is 0 Å².